The van der Waals surface area contributed by atoms with Gasteiger partial charge in [-0.3, -0.25) is 19.4 Å². The Labute approximate surface area is 165 Å². The molecule has 1 unspecified atom stereocenters. The third-order valence-electron chi connectivity index (χ3n) is 4.79. The quantitative estimate of drug-likeness (QED) is 0.337. The minimum Gasteiger partial charge on any atom is -0.467 e. The summed E-state index contributed by atoms with van der Waals surface area (Å²) in [4.78, 5) is 39.9. The summed E-state index contributed by atoms with van der Waals surface area (Å²) in [5, 5.41) is 12.0. The van der Waals surface area contributed by atoms with Gasteiger partial charge in [-0.1, -0.05) is 20.8 Å². The number of nitrogens with zero attached hydrogens (tertiary/aromatic N) is 5. The highest BCUT2D eigenvalue weighted by atomic mass is 16.3. The van der Waals surface area contributed by atoms with Crippen molar-refractivity contribution in [2.75, 3.05) is 19.6 Å². The number of hydrogen-bond donors (Lipinski definition) is 0. The van der Waals surface area contributed by atoms with E-state index < -0.39 is 12.2 Å². The summed E-state index contributed by atoms with van der Waals surface area (Å²) < 4.78 is 5.37. The van der Waals surface area contributed by atoms with E-state index >= 15 is 0 Å². The first-order valence-corrected chi connectivity index (χ1v) is 9.36. The zero-order valence-corrected chi connectivity index (χ0v) is 16.5. The Morgan fingerprint density at radius 3 is 2.68 bits per heavy atom. The van der Waals surface area contributed by atoms with Crippen LogP contribution in [-0.2, 0) is 20.9 Å². The molecular formula is C19H27N5O4. The lowest BCUT2D eigenvalue weighted by Gasteiger charge is -2.49. The first-order chi connectivity index (χ1) is 13.5. The molecule has 1 aromatic heterocycles. The molecule has 152 valence electrons. The number of carbonyl (C=O) groups is 3. The van der Waals surface area contributed by atoms with Gasteiger partial charge in [-0.25, -0.2) is 5.01 Å². The zero-order chi connectivity index (χ0) is 20.7. The highest BCUT2D eigenvalue weighted by Crippen LogP contribution is 2.25. The second-order valence-corrected chi connectivity index (χ2v) is 7.10. The van der Waals surface area contributed by atoms with Crippen LogP contribution in [0.2, 0.25) is 0 Å². The first kappa shape index (κ1) is 21.4. The third kappa shape index (κ3) is 4.70. The number of carbonyl (C=O) groups excluding carboxylic acids is 3. The molecule has 1 aromatic rings. The van der Waals surface area contributed by atoms with Gasteiger partial charge in [-0.2, -0.15) is 5.26 Å². The molecule has 2 rings (SSSR count). The van der Waals surface area contributed by atoms with Gasteiger partial charge >= 0.3 is 0 Å². The van der Waals surface area contributed by atoms with Crippen molar-refractivity contribution in [1.29, 1.82) is 5.26 Å². The van der Waals surface area contributed by atoms with Crippen LogP contribution in [0.15, 0.2) is 22.8 Å². The van der Waals surface area contributed by atoms with Crippen LogP contribution in [0.4, 0.5) is 0 Å². The Bertz CT molecular complexity index is 700. The van der Waals surface area contributed by atoms with Crippen molar-refractivity contribution in [3.05, 3.63) is 24.2 Å². The Morgan fingerprint density at radius 1 is 1.43 bits per heavy atom. The molecule has 9 nitrogen and oxygen atoms in total. The van der Waals surface area contributed by atoms with E-state index in [4.69, 9.17) is 9.68 Å². The summed E-state index contributed by atoms with van der Waals surface area (Å²) >= 11 is 0. The normalized spacial score (nSPS) is 19.8. The van der Waals surface area contributed by atoms with Crippen molar-refractivity contribution >= 4 is 18.7 Å². The molecule has 0 bridgehead atoms. The molecule has 0 radical (unpaired) electrons. The van der Waals surface area contributed by atoms with Crippen molar-refractivity contribution < 1.29 is 18.8 Å². The van der Waals surface area contributed by atoms with Gasteiger partial charge < -0.3 is 14.2 Å². The van der Waals surface area contributed by atoms with Crippen molar-refractivity contribution in [2.24, 2.45) is 5.92 Å². The SMILES string of the molecule is CCN(CC#N)N(C=O)C1CN(Cc2ccco2)C(=O)[C@H](CC(C)C)N1C=O. The first-order valence-electron chi connectivity index (χ1n) is 9.36. The van der Waals surface area contributed by atoms with Gasteiger partial charge in [0.2, 0.25) is 18.7 Å². The summed E-state index contributed by atoms with van der Waals surface area (Å²) in [5.74, 6) is 0.617. The minimum atomic E-state index is -0.695. The summed E-state index contributed by atoms with van der Waals surface area (Å²) in [6, 6.07) is 4.86. The zero-order valence-electron chi connectivity index (χ0n) is 16.5. The highest BCUT2D eigenvalue weighted by Gasteiger charge is 2.43. The number of amides is 3. The van der Waals surface area contributed by atoms with Crippen molar-refractivity contribution in [3.8, 4) is 6.07 Å². The molecule has 2 heterocycles. The van der Waals surface area contributed by atoms with E-state index in [-0.39, 0.29) is 31.5 Å². The molecule has 3 amide bonds. The topological polar surface area (TPSA) is 101 Å². The Morgan fingerprint density at radius 2 is 2.18 bits per heavy atom. The fourth-order valence-electron chi connectivity index (χ4n) is 3.46. The van der Waals surface area contributed by atoms with E-state index in [2.05, 4.69) is 0 Å². The van der Waals surface area contributed by atoms with Gasteiger partial charge in [-0.05, 0) is 24.5 Å². The van der Waals surface area contributed by atoms with E-state index in [0.29, 0.717) is 31.5 Å². The molecule has 0 aliphatic carbocycles. The molecular weight excluding hydrogens is 362 g/mol. The number of nitriles is 1. The molecule has 1 saturated heterocycles. The van der Waals surface area contributed by atoms with Crippen LogP contribution in [0.1, 0.15) is 33.0 Å². The number of hydrazine groups is 1. The fourth-order valence-corrected chi connectivity index (χ4v) is 3.46. The van der Waals surface area contributed by atoms with Crippen molar-refractivity contribution in [3.63, 3.8) is 0 Å². The Balaban J connectivity index is 2.38. The van der Waals surface area contributed by atoms with E-state index in [9.17, 15) is 14.4 Å². The Hall–Kier alpha value is -2.86. The monoisotopic (exact) mass is 389 g/mol. The lowest BCUT2D eigenvalue weighted by molar-refractivity contribution is -0.178. The van der Waals surface area contributed by atoms with Crippen LogP contribution >= 0.6 is 0 Å². The minimum absolute atomic E-state index is 0.000581. The average Bonchev–Trinajstić information content (AvgIpc) is 3.18. The van der Waals surface area contributed by atoms with E-state index in [1.54, 1.807) is 22.0 Å². The largest absolute Gasteiger partial charge is 0.467 e. The van der Waals surface area contributed by atoms with Gasteiger partial charge in [0, 0.05) is 6.54 Å². The second-order valence-electron chi connectivity index (χ2n) is 7.10. The van der Waals surface area contributed by atoms with Gasteiger partial charge in [0.25, 0.3) is 0 Å². The van der Waals surface area contributed by atoms with Crippen molar-refractivity contribution in [1.82, 2.24) is 19.8 Å². The second kappa shape index (κ2) is 9.90. The predicted molar refractivity (Wildman–Crippen MR) is 99.8 cm³/mol. The summed E-state index contributed by atoms with van der Waals surface area (Å²) in [6.07, 6.45) is 2.54. The summed E-state index contributed by atoms with van der Waals surface area (Å²) in [6.45, 7) is 6.56. The molecule has 1 fully saturated rings. The number of rotatable bonds is 10. The maximum Gasteiger partial charge on any atom is 0.246 e. The number of hydrogen-bond acceptors (Lipinski definition) is 6. The van der Waals surface area contributed by atoms with Crippen LogP contribution in [0.25, 0.3) is 0 Å². The van der Waals surface area contributed by atoms with Gasteiger partial charge in [0.15, 0.2) is 0 Å². The van der Waals surface area contributed by atoms with Gasteiger partial charge in [-0.15, -0.1) is 0 Å². The Kier molecular flexibility index (Phi) is 7.58. The molecule has 0 aromatic carbocycles. The van der Waals surface area contributed by atoms with Crippen LogP contribution < -0.4 is 0 Å². The number of piperazine rings is 1. The van der Waals surface area contributed by atoms with Crippen molar-refractivity contribution in [2.45, 2.75) is 45.9 Å². The van der Waals surface area contributed by atoms with Crippen LogP contribution in [-0.4, -0.2) is 70.4 Å². The molecule has 1 aliphatic heterocycles. The van der Waals surface area contributed by atoms with Crippen LogP contribution in [0, 0.1) is 17.2 Å². The van der Waals surface area contributed by atoms with E-state index in [1.807, 2.05) is 26.8 Å². The van der Waals surface area contributed by atoms with E-state index in [1.165, 1.54) is 16.2 Å². The molecule has 28 heavy (non-hydrogen) atoms. The lowest BCUT2D eigenvalue weighted by atomic mass is 9.98. The smallest absolute Gasteiger partial charge is 0.246 e. The van der Waals surface area contributed by atoms with Crippen LogP contribution in [0.5, 0.6) is 0 Å². The molecule has 0 N–H and O–H groups in total. The molecule has 9 heteroatoms. The lowest BCUT2D eigenvalue weighted by Crippen LogP contribution is -2.68. The molecule has 0 saturated carbocycles. The van der Waals surface area contributed by atoms with Gasteiger partial charge in [0.05, 0.1) is 25.4 Å². The molecule has 0 spiro atoms. The average molecular weight is 389 g/mol. The van der Waals surface area contributed by atoms with E-state index in [0.717, 1.165) is 0 Å². The summed E-state index contributed by atoms with van der Waals surface area (Å²) in [5.41, 5.74) is 0. The third-order valence-corrected chi connectivity index (χ3v) is 4.79. The maximum absolute atomic E-state index is 13.1. The standard InChI is InChI=1S/C19H27N5O4/c1-4-22(8-7-20)24(14-26)18-12-21(11-16-6-5-9-28-16)19(27)17(10-15(2)3)23(18)13-25/h5-6,9,13-15,17-18H,4,8,10-12H2,1-3H3/t17-,18?/m0/s1. The molecule has 2 atom stereocenters. The maximum atomic E-state index is 13.1. The summed E-state index contributed by atoms with van der Waals surface area (Å²) in [7, 11) is 0. The highest BCUT2D eigenvalue weighted by molar-refractivity contribution is 5.85. The predicted octanol–water partition coefficient (Wildman–Crippen LogP) is 1.04. The fraction of sp³-hybridized carbons (Fsp3) is 0.579. The number of furan rings is 1. The molecule has 1 aliphatic rings. The van der Waals surface area contributed by atoms with Crippen LogP contribution in [0.3, 0.4) is 0 Å². The van der Waals surface area contributed by atoms with Gasteiger partial charge in [0.1, 0.15) is 24.5 Å².